The largest absolute Gasteiger partial charge is 0.481 e. The third kappa shape index (κ3) is 3.55. The Morgan fingerprint density at radius 2 is 1.89 bits per heavy atom. The Balaban J connectivity index is 2.24. The second-order valence-corrected chi connectivity index (χ2v) is 4.51. The molecule has 0 spiro atoms. The minimum atomic E-state index is -0.331. The van der Waals surface area contributed by atoms with Gasteiger partial charge in [-0.1, -0.05) is 36.4 Å². The predicted octanol–water partition coefficient (Wildman–Crippen LogP) is 3.47. The Bertz CT molecular complexity index is 528. The molecule has 0 fully saturated rings. The van der Waals surface area contributed by atoms with Gasteiger partial charge in [-0.25, -0.2) is 4.39 Å². The van der Waals surface area contributed by atoms with Gasteiger partial charge in [-0.15, -0.1) is 0 Å². The van der Waals surface area contributed by atoms with Gasteiger partial charge in [0, 0.05) is 6.54 Å². The molecule has 2 aromatic carbocycles. The first kappa shape index (κ1) is 13.6. The fraction of sp³-hybridized carbons (Fsp3) is 0.250. The average molecular weight is 259 g/mol. The number of hydrogen-bond acceptors (Lipinski definition) is 2. The maximum atomic E-state index is 13.7. The van der Waals surface area contributed by atoms with Crippen molar-refractivity contribution in [2.75, 3.05) is 13.6 Å². The van der Waals surface area contributed by atoms with Crippen LogP contribution in [-0.4, -0.2) is 13.6 Å². The van der Waals surface area contributed by atoms with E-state index in [0.29, 0.717) is 12.3 Å². The van der Waals surface area contributed by atoms with Crippen LogP contribution in [0.1, 0.15) is 17.2 Å². The number of ether oxygens (including phenoxy) is 1. The van der Waals surface area contributed by atoms with Gasteiger partial charge >= 0.3 is 0 Å². The summed E-state index contributed by atoms with van der Waals surface area (Å²) in [6.07, 6.45) is -0.206. The minimum absolute atomic E-state index is 0.206. The van der Waals surface area contributed by atoms with Gasteiger partial charge in [0.2, 0.25) is 0 Å². The van der Waals surface area contributed by atoms with Crippen molar-refractivity contribution in [1.82, 2.24) is 5.32 Å². The third-order valence-electron chi connectivity index (χ3n) is 2.92. The molecule has 2 nitrogen and oxygen atoms in total. The van der Waals surface area contributed by atoms with Crippen LogP contribution < -0.4 is 10.1 Å². The van der Waals surface area contributed by atoms with Gasteiger partial charge in [-0.2, -0.15) is 0 Å². The highest BCUT2D eigenvalue weighted by Crippen LogP contribution is 2.25. The van der Waals surface area contributed by atoms with Crippen molar-refractivity contribution in [2.24, 2.45) is 0 Å². The Morgan fingerprint density at radius 3 is 2.58 bits per heavy atom. The van der Waals surface area contributed by atoms with Crippen molar-refractivity contribution in [1.29, 1.82) is 0 Å². The van der Waals surface area contributed by atoms with E-state index in [2.05, 4.69) is 5.32 Å². The molecule has 0 amide bonds. The number of rotatable bonds is 5. The second-order valence-electron chi connectivity index (χ2n) is 4.51. The van der Waals surface area contributed by atoms with E-state index in [1.54, 1.807) is 12.1 Å². The van der Waals surface area contributed by atoms with Crippen LogP contribution in [-0.2, 0) is 0 Å². The van der Waals surface area contributed by atoms with Crippen molar-refractivity contribution in [2.45, 2.75) is 13.0 Å². The molecule has 19 heavy (non-hydrogen) atoms. The number of likely N-dealkylation sites (N-methyl/N-ethyl adjacent to an activating group) is 1. The van der Waals surface area contributed by atoms with Gasteiger partial charge in [0.05, 0.1) is 0 Å². The summed E-state index contributed by atoms with van der Waals surface area (Å²) in [5.74, 6) is -0.0354. The molecular weight excluding hydrogens is 241 g/mol. The molecular formula is C16H18FNO. The molecule has 0 saturated heterocycles. The maximum absolute atomic E-state index is 13.7. The first-order valence-corrected chi connectivity index (χ1v) is 6.33. The zero-order chi connectivity index (χ0) is 13.7. The van der Waals surface area contributed by atoms with Crippen LogP contribution in [0.25, 0.3) is 0 Å². The van der Waals surface area contributed by atoms with Crippen LogP contribution in [0, 0.1) is 12.7 Å². The number of aryl methyl sites for hydroxylation is 1. The third-order valence-corrected chi connectivity index (χ3v) is 2.92. The Kier molecular flexibility index (Phi) is 4.53. The normalized spacial score (nSPS) is 12.2. The van der Waals surface area contributed by atoms with Crippen LogP contribution in [0.5, 0.6) is 5.75 Å². The van der Waals surface area contributed by atoms with E-state index in [0.717, 1.165) is 11.1 Å². The summed E-state index contributed by atoms with van der Waals surface area (Å²) in [5, 5.41) is 3.07. The summed E-state index contributed by atoms with van der Waals surface area (Å²) in [4.78, 5) is 0. The van der Waals surface area contributed by atoms with Crippen molar-refractivity contribution in [3.05, 3.63) is 65.5 Å². The molecule has 1 N–H and O–H groups in total. The molecule has 1 atom stereocenters. The number of halogens is 1. The van der Waals surface area contributed by atoms with Crippen LogP contribution in [0.4, 0.5) is 4.39 Å². The lowest BCUT2D eigenvalue weighted by Crippen LogP contribution is -2.22. The highest BCUT2D eigenvalue weighted by molar-refractivity contribution is 5.30. The summed E-state index contributed by atoms with van der Waals surface area (Å²) >= 11 is 0. The molecule has 2 aromatic rings. The molecule has 0 aromatic heterocycles. The molecule has 0 aliphatic heterocycles. The highest BCUT2D eigenvalue weighted by atomic mass is 19.1. The van der Waals surface area contributed by atoms with Crippen LogP contribution in [0.15, 0.2) is 48.5 Å². The molecule has 0 radical (unpaired) electrons. The lowest BCUT2D eigenvalue weighted by Gasteiger charge is -2.20. The molecule has 0 heterocycles. The number of hydrogen-bond donors (Lipinski definition) is 1. The van der Waals surface area contributed by atoms with Crippen molar-refractivity contribution < 1.29 is 9.13 Å². The van der Waals surface area contributed by atoms with Crippen molar-refractivity contribution in [3.8, 4) is 5.75 Å². The molecule has 0 aliphatic carbocycles. The summed E-state index contributed by atoms with van der Waals surface area (Å²) in [6, 6.07) is 14.7. The Hall–Kier alpha value is -1.87. The lowest BCUT2D eigenvalue weighted by atomic mass is 10.1. The maximum Gasteiger partial charge on any atom is 0.165 e. The zero-order valence-electron chi connectivity index (χ0n) is 11.2. The topological polar surface area (TPSA) is 21.3 Å². The molecule has 3 heteroatoms. The van der Waals surface area contributed by atoms with Gasteiger partial charge in [-0.05, 0) is 37.2 Å². The van der Waals surface area contributed by atoms with Gasteiger partial charge in [0.25, 0.3) is 0 Å². The van der Waals surface area contributed by atoms with Crippen LogP contribution in [0.2, 0.25) is 0 Å². The summed E-state index contributed by atoms with van der Waals surface area (Å²) in [7, 11) is 1.85. The first-order valence-electron chi connectivity index (χ1n) is 6.33. The molecule has 1 unspecified atom stereocenters. The SMILES string of the molecule is CNCC(Oc1cc(C)ccc1F)c1ccccc1. The molecule has 100 valence electrons. The molecule has 0 saturated carbocycles. The Morgan fingerprint density at radius 1 is 1.16 bits per heavy atom. The quantitative estimate of drug-likeness (QED) is 0.887. The highest BCUT2D eigenvalue weighted by Gasteiger charge is 2.14. The Labute approximate surface area is 113 Å². The van der Waals surface area contributed by atoms with E-state index in [1.807, 2.05) is 44.3 Å². The minimum Gasteiger partial charge on any atom is -0.481 e. The zero-order valence-corrected chi connectivity index (χ0v) is 11.2. The van der Waals surface area contributed by atoms with E-state index in [1.165, 1.54) is 6.07 Å². The fourth-order valence-electron chi connectivity index (χ4n) is 1.93. The van der Waals surface area contributed by atoms with Crippen LogP contribution in [0.3, 0.4) is 0 Å². The average Bonchev–Trinajstić information content (AvgIpc) is 2.43. The van der Waals surface area contributed by atoms with E-state index in [4.69, 9.17) is 4.74 Å². The number of nitrogens with one attached hydrogen (secondary N) is 1. The summed E-state index contributed by atoms with van der Waals surface area (Å²) < 4.78 is 19.6. The monoisotopic (exact) mass is 259 g/mol. The van der Waals surface area contributed by atoms with E-state index in [-0.39, 0.29) is 11.9 Å². The smallest absolute Gasteiger partial charge is 0.165 e. The second kappa shape index (κ2) is 6.34. The summed E-state index contributed by atoms with van der Waals surface area (Å²) in [5.41, 5.74) is 2.01. The molecule has 2 rings (SSSR count). The molecule has 0 bridgehead atoms. The van der Waals surface area contributed by atoms with Crippen molar-refractivity contribution >= 4 is 0 Å². The van der Waals surface area contributed by atoms with Crippen molar-refractivity contribution in [3.63, 3.8) is 0 Å². The fourth-order valence-corrected chi connectivity index (χ4v) is 1.93. The summed E-state index contributed by atoms with van der Waals surface area (Å²) in [6.45, 7) is 2.54. The van der Waals surface area contributed by atoms with E-state index >= 15 is 0 Å². The van der Waals surface area contributed by atoms with Gasteiger partial charge in [0.15, 0.2) is 11.6 Å². The van der Waals surface area contributed by atoms with E-state index < -0.39 is 0 Å². The standard InChI is InChI=1S/C16H18FNO/c1-12-8-9-14(17)15(10-12)19-16(11-18-2)13-6-4-3-5-7-13/h3-10,16,18H,11H2,1-2H3. The molecule has 0 aliphatic rings. The van der Waals surface area contributed by atoms with Gasteiger partial charge in [-0.3, -0.25) is 0 Å². The lowest BCUT2D eigenvalue weighted by molar-refractivity contribution is 0.195. The van der Waals surface area contributed by atoms with Crippen LogP contribution >= 0.6 is 0 Å². The first-order chi connectivity index (χ1) is 9.20. The van der Waals surface area contributed by atoms with E-state index in [9.17, 15) is 4.39 Å². The predicted molar refractivity (Wildman–Crippen MR) is 74.9 cm³/mol. The van der Waals surface area contributed by atoms with Gasteiger partial charge in [0.1, 0.15) is 6.10 Å². The van der Waals surface area contributed by atoms with Gasteiger partial charge < -0.3 is 10.1 Å². The number of benzene rings is 2.